The van der Waals surface area contributed by atoms with Gasteiger partial charge in [-0.15, -0.1) is 11.8 Å². The lowest BCUT2D eigenvalue weighted by atomic mass is 10.2. The van der Waals surface area contributed by atoms with Gasteiger partial charge >= 0.3 is 6.61 Å². The first-order valence-corrected chi connectivity index (χ1v) is 9.40. The minimum Gasteiger partial charge on any atom is -0.493 e. The van der Waals surface area contributed by atoms with Crippen LogP contribution >= 0.6 is 11.8 Å². The molecule has 1 amide bonds. The molecule has 27 heavy (non-hydrogen) atoms. The van der Waals surface area contributed by atoms with E-state index in [1.807, 2.05) is 19.1 Å². The summed E-state index contributed by atoms with van der Waals surface area (Å²) in [5.41, 5.74) is 1.46. The van der Waals surface area contributed by atoms with Crippen molar-refractivity contribution in [1.82, 2.24) is 0 Å². The average Bonchev–Trinajstić information content (AvgIpc) is 2.64. The van der Waals surface area contributed by atoms with E-state index in [4.69, 9.17) is 9.47 Å². The first-order valence-electron chi connectivity index (χ1n) is 8.24. The SMILES string of the molecule is CCOc1ccccc1NC(=O)CSCc1ccc(OC(F)F)c(OC)c1. The summed E-state index contributed by atoms with van der Waals surface area (Å²) in [6.45, 7) is -0.530. The number of methoxy groups -OCH3 is 1. The van der Waals surface area contributed by atoms with Crippen molar-refractivity contribution in [2.75, 3.05) is 24.8 Å². The summed E-state index contributed by atoms with van der Waals surface area (Å²) in [5.74, 6) is 1.42. The number of benzene rings is 2. The lowest BCUT2D eigenvalue weighted by molar-refractivity contribution is -0.113. The molecule has 2 aromatic rings. The Bertz CT molecular complexity index is 758. The van der Waals surface area contributed by atoms with Gasteiger partial charge in [-0.05, 0) is 36.8 Å². The average molecular weight is 397 g/mol. The summed E-state index contributed by atoms with van der Waals surface area (Å²) >= 11 is 1.39. The smallest absolute Gasteiger partial charge is 0.387 e. The van der Waals surface area contributed by atoms with E-state index in [0.717, 1.165) is 5.56 Å². The Labute approximate surface area is 161 Å². The van der Waals surface area contributed by atoms with Crippen LogP contribution in [0.1, 0.15) is 12.5 Å². The van der Waals surface area contributed by atoms with Gasteiger partial charge in [0, 0.05) is 5.75 Å². The number of para-hydroxylation sites is 2. The molecule has 146 valence electrons. The molecule has 0 heterocycles. The predicted molar refractivity (Wildman–Crippen MR) is 102 cm³/mol. The number of carbonyl (C=O) groups excluding carboxylic acids is 1. The van der Waals surface area contributed by atoms with E-state index in [2.05, 4.69) is 10.1 Å². The van der Waals surface area contributed by atoms with Crippen molar-refractivity contribution in [2.45, 2.75) is 19.3 Å². The highest BCUT2D eigenvalue weighted by Gasteiger charge is 2.12. The van der Waals surface area contributed by atoms with E-state index in [-0.39, 0.29) is 23.2 Å². The maximum atomic E-state index is 12.3. The maximum absolute atomic E-state index is 12.3. The van der Waals surface area contributed by atoms with Gasteiger partial charge in [0.1, 0.15) is 5.75 Å². The fraction of sp³-hybridized carbons (Fsp3) is 0.316. The van der Waals surface area contributed by atoms with Gasteiger partial charge in [-0.1, -0.05) is 18.2 Å². The van der Waals surface area contributed by atoms with Crippen molar-refractivity contribution in [3.05, 3.63) is 48.0 Å². The molecule has 0 unspecified atom stereocenters. The van der Waals surface area contributed by atoms with Gasteiger partial charge in [0.25, 0.3) is 0 Å². The molecule has 0 spiro atoms. The molecule has 0 bridgehead atoms. The van der Waals surface area contributed by atoms with Crippen LogP contribution in [0.5, 0.6) is 17.2 Å². The van der Waals surface area contributed by atoms with Crippen LogP contribution in [-0.2, 0) is 10.5 Å². The molecule has 0 atom stereocenters. The molecule has 8 heteroatoms. The number of rotatable bonds is 10. The Morgan fingerprint density at radius 3 is 2.63 bits per heavy atom. The number of carbonyl (C=O) groups is 1. The van der Waals surface area contributed by atoms with Crippen molar-refractivity contribution in [3.63, 3.8) is 0 Å². The van der Waals surface area contributed by atoms with Crippen LogP contribution in [0.3, 0.4) is 0 Å². The van der Waals surface area contributed by atoms with Crippen LogP contribution in [0.4, 0.5) is 14.5 Å². The van der Waals surface area contributed by atoms with Crippen molar-refractivity contribution in [1.29, 1.82) is 0 Å². The lowest BCUT2D eigenvalue weighted by Crippen LogP contribution is -2.15. The molecule has 0 fully saturated rings. The molecule has 0 saturated heterocycles. The summed E-state index contributed by atoms with van der Waals surface area (Å²) in [6, 6.07) is 11.9. The molecule has 1 N–H and O–H groups in total. The third-order valence-electron chi connectivity index (χ3n) is 3.41. The van der Waals surface area contributed by atoms with E-state index in [0.29, 0.717) is 23.8 Å². The molecule has 5 nitrogen and oxygen atoms in total. The predicted octanol–water partition coefficient (Wildman–Crippen LogP) is 4.57. The minimum atomic E-state index is -2.91. The summed E-state index contributed by atoms with van der Waals surface area (Å²) < 4.78 is 39.6. The van der Waals surface area contributed by atoms with Crippen molar-refractivity contribution in [2.24, 2.45) is 0 Å². The normalized spacial score (nSPS) is 10.6. The van der Waals surface area contributed by atoms with E-state index >= 15 is 0 Å². The zero-order valence-electron chi connectivity index (χ0n) is 15.0. The molecule has 2 aromatic carbocycles. The Morgan fingerprint density at radius 2 is 1.93 bits per heavy atom. The fourth-order valence-electron chi connectivity index (χ4n) is 2.29. The number of anilines is 1. The zero-order chi connectivity index (χ0) is 19.6. The van der Waals surface area contributed by atoms with Crippen LogP contribution < -0.4 is 19.5 Å². The molecule has 0 aliphatic heterocycles. The molecule has 0 aliphatic carbocycles. The van der Waals surface area contributed by atoms with Gasteiger partial charge in [-0.2, -0.15) is 8.78 Å². The van der Waals surface area contributed by atoms with Gasteiger partial charge in [-0.25, -0.2) is 0 Å². The van der Waals surface area contributed by atoms with Gasteiger partial charge in [0.15, 0.2) is 11.5 Å². The third-order valence-corrected chi connectivity index (χ3v) is 4.41. The highest BCUT2D eigenvalue weighted by atomic mass is 32.2. The quantitative estimate of drug-likeness (QED) is 0.637. The summed E-state index contributed by atoms with van der Waals surface area (Å²) in [4.78, 5) is 12.1. The standard InChI is InChI=1S/C19H21F2NO4S/c1-3-25-15-7-5-4-6-14(15)22-18(23)12-27-11-13-8-9-16(26-19(20)21)17(10-13)24-2/h4-10,19H,3,11-12H2,1-2H3,(H,22,23). The Kier molecular flexibility index (Phi) is 8.19. The van der Waals surface area contributed by atoms with Crippen molar-refractivity contribution in [3.8, 4) is 17.2 Å². The van der Waals surface area contributed by atoms with Gasteiger partial charge in [-0.3, -0.25) is 4.79 Å². The summed E-state index contributed by atoms with van der Waals surface area (Å²) in [6.07, 6.45) is 0. The number of hydrogen-bond donors (Lipinski definition) is 1. The number of amides is 1. The summed E-state index contributed by atoms with van der Waals surface area (Å²) in [7, 11) is 1.38. The molecule has 0 radical (unpaired) electrons. The minimum absolute atomic E-state index is 0.0217. The largest absolute Gasteiger partial charge is 0.493 e. The second-order valence-corrected chi connectivity index (χ2v) is 6.32. The molecular weight excluding hydrogens is 376 g/mol. The number of thioether (sulfide) groups is 1. The van der Waals surface area contributed by atoms with Crippen LogP contribution in [-0.4, -0.2) is 32.0 Å². The zero-order valence-corrected chi connectivity index (χ0v) is 15.9. The number of ether oxygens (including phenoxy) is 3. The molecular formula is C19H21F2NO4S. The van der Waals surface area contributed by atoms with Crippen molar-refractivity contribution >= 4 is 23.4 Å². The number of halogens is 2. The first-order chi connectivity index (χ1) is 13.0. The number of hydrogen-bond acceptors (Lipinski definition) is 5. The monoisotopic (exact) mass is 397 g/mol. The van der Waals surface area contributed by atoms with Gasteiger partial charge in [0.05, 0.1) is 25.2 Å². The number of nitrogens with one attached hydrogen (secondary N) is 1. The van der Waals surface area contributed by atoms with E-state index in [1.165, 1.54) is 24.9 Å². The van der Waals surface area contributed by atoms with E-state index in [1.54, 1.807) is 24.3 Å². The second-order valence-electron chi connectivity index (χ2n) is 5.33. The Hall–Kier alpha value is -2.48. The Balaban J connectivity index is 1.88. The van der Waals surface area contributed by atoms with Crippen LogP contribution in [0.2, 0.25) is 0 Å². The molecule has 2 rings (SSSR count). The van der Waals surface area contributed by atoms with Gasteiger partial charge < -0.3 is 19.5 Å². The topological polar surface area (TPSA) is 56.8 Å². The first kappa shape index (κ1) is 20.8. The number of alkyl halides is 2. The highest BCUT2D eigenvalue weighted by molar-refractivity contribution is 7.99. The van der Waals surface area contributed by atoms with E-state index in [9.17, 15) is 13.6 Å². The highest BCUT2D eigenvalue weighted by Crippen LogP contribution is 2.31. The van der Waals surface area contributed by atoms with Crippen LogP contribution in [0.15, 0.2) is 42.5 Å². The molecule has 0 saturated carbocycles. The lowest BCUT2D eigenvalue weighted by Gasteiger charge is -2.12. The molecule has 0 aliphatic rings. The maximum Gasteiger partial charge on any atom is 0.387 e. The summed E-state index contributed by atoms with van der Waals surface area (Å²) in [5, 5.41) is 2.82. The van der Waals surface area contributed by atoms with E-state index < -0.39 is 6.61 Å². The van der Waals surface area contributed by atoms with Crippen LogP contribution in [0, 0.1) is 0 Å². The third kappa shape index (κ3) is 6.63. The molecule has 0 aromatic heterocycles. The van der Waals surface area contributed by atoms with Crippen molar-refractivity contribution < 1.29 is 27.8 Å². The fourth-order valence-corrected chi connectivity index (χ4v) is 3.07. The Morgan fingerprint density at radius 1 is 1.15 bits per heavy atom. The van der Waals surface area contributed by atoms with Crippen LogP contribution in [0.25, 0.3) is 0 Å². The second kappa shape index (κ2) is 10.6. The van der Waals surface area contributed by atoms with Gasteiger partial charge in [0.2, 0.25) is 5.91 Å².